The molecule has 2 rings (SSSR count). The summed E-state index contributed by atoms with van der Waals surface area (Å²) >= 11 is 0. The summed E-state index contributed by atoms with van der Waals surface area (Å²) in [6.45, 7) is 2.07. The van der Waals surface area contributed by atoms with Crippen LogP contribution < -0.4 is 5.73 Å². The summed E-state index contributed by atoms with van der Waals surface area (Å²) in [7, 11) is 4.11. The second-order valence-corrected chi connectivity index (χ2v) is 4.65. The fourth-order valence-electron chi connectivity index (χ4n) is 2.21. The molecule has 2 atom stereocenters. The number of likely N-dealkylation sites (N-methyl/N-ethyl adjacent to an activating group) is 1. The van der Waals surface area contributed by atoms with Crippen LogP contribution in [0.5, 0.6) is 0 Å². The lowest BCUT2D eigenvalue weighted by Gasteiger charge is -2.30. The van der Waals surface area contributed by atoms with Gasteiger partial charge in [0.2, 0.25) is 0 Å². The van der Waals surface area contributed by atoms with Crippen LogP contribution in [0.2, 0.25) is 0 Å². The molecule has 1 aromatic heterocycles. The molecule has 84 valence electrons. The van der Waals surface area contributed by atoms with Gasteiger partial charge in [0.05, 0.1) is 12.2 Å². The van der Waals surface area contributed by atoms with Gasteiger partial charge in [-0.2, -0.15) is 5.10 Å². The van der Waals surface area contributed by atoms with Crippen LogP contribution >= 0.6 is 0 Å². The van der Waals surface area contributed by atoms with E-state index >= 15 is 0 Å². The smallest absolute Gasteiger partial charge is 0.0538 e. The molecule has 1 fully saturated rings. The van der Waals surface area contributed by atoms with Crippen molar-refractivity contribution in [3.05, 3.63) is 18.0 Å². The highest BCUT2D eigenvalue weighted by molar-refractivity contribution is 5.14. The number of aromatic nitrogens is 2. The number of aryl methyl sites for hydroxylation is 1. The third-order valence-electron chi connectivity index (χ3n) is 3.13. The lowest BCUT2D eigenvalue weighted by Crippen LogP contribution is -2.38. The van der Waals surface area contributed by atoms with E-state index in [1.165, 1.54) is 18.4 Å². The minimum absolute atomic E-state index is 0.139. The number of rotatable bonds is 4. The quantitative estimate of drug-likeness (QED) is 0.800. The van der Waals surface area contributed by atoms with Gasteiger partial charge in [0.15, 0.2) is 0 Å². The molecule has 2 N–H and O–H groups in total. The molecular weight excluding hydrogens is 188 g/mol. The topological polar surface area (TPSA) is 47.1 Å². The molecule has 4 heteroatoms. The first kappa shape index (κ1) is 10.6. The van der Waals surface area contributed by atoms with Gasteiger partial charge in [-0.25, -0.2) is 0 Å². The molecule has 0 aliphatic heterocycles. The van der Waals surface area contributed by atoms with Crippen LogP contribution in [0, 0.1) is 0 Å². The van der Waals surface area contributed by atoms with E-state index in [4.69, 9.17) is 5.73 Å². The second kappa shape index (κ2) is 3.94. The van der Waals surface area contributed by atoms with Gasteiger partial charge in [-0.15, -0.1) is 0 Å². The summed E-state index contributed by atoms with van der Waals surface area (Å²) in [5, 5.41) is 4.22. The van der Waals surface area contributed by atoms with Crippen molar-refractivity contribution < 1.29 is 0 Å². The van der Waals surface area contributed by atoms with E-state index in [2.05, 4.69) is 30.2 Å². The van der Waals surface area contributed by atoms with E-state index in [0.29, 0.717) is 6.04 Å². The Hall–Kier alpha value is -0.870. The Bertz CT molecular complexity index is 327. The van der Waals surface area contributed by atoms with Crippen molar-refractivity contribution in [2.45, 2.75) is 37.9 Å². The normalized spacial score (nSPS) is 20.6. The van der Waals surface area contributed by atoms with Gasteiger partial charge in [0, 0.05) is 30.9 Å². The van der Waals surface area contributed by atoms with E-state index in [-0.39, 0.29) is 6.04 Å². The van der Waals surface area contributed by atoms with E-state index in [9.17, 15) is 0 Å². The number of hydrogen-bond acceptors (Lipinski definition) is 3. The van der Waals surface area contributed by atoms with E-state index in [1.807, 2.05) is 17.9 Å². The van der Waals surface area contributed by atoms with Gasteiger partial charge in [-0.1, -0.05) is 0 Å². The van der Waals surface area contributed by atoms with Crippen molar-refractivity contribution in [3.63, 3.8) is 0 Å². The Balaban J connectivity index is 2.18. The number of nitrogens with two attached hydrogens (primary N) is 1. The molecular formula is C11H20N4. The predicted molar refractivity (Wildman–Crippen MR) is 60.4 cm³/mol. The summed E-state index contributed by atoms with van der Waals surface area (Å²) < 4.78 is 1.84. The number of nitrogens with zero attached hydrogens (tertiary/aromatic N) is 3. The maximum Gasteiger partial charge on any atom is 0.0538 e. The average molecular weight is 208 g/mol. The standard InChI is InChI=1S/C11H20N4/c1-8(12)11(15(3)10-4-5-10)9-6-13-14(2)7-9/h6-8,10-11H,4-5,12H2,1-3H3. The molecule has 4 nitrogen and oxygen atoms in total. The highest BCUT2D eigenvalue weighted by atomic mass is 15.3. The van der Waals surface area contributed by atoms with E-state index in [0.717, 1.165) is 6.04 Å². The van der Waals surface area contributed by atoms with Crippen LogP contribution in [-0.2, 0) is 7.05 Å². The molecule has 1 aliphatic rings. The van der Waals surface area contributed by atoms with E-state index in [1.54, 1.807) is 0 Å². The van der Waals surface area contributed by atoms with Crippen LogP contribution in [-0.4, -0.2) is 33.8 Å². The van der Waals surface area contributed by atoms with Crippen LogP contribution in [0.1, 0.15) is 31.4 Å². The Labute approximate surface area is 91.1 Å². The minimum atomic E-state index is 0.139. The maximum absolute atomic E-state index is 6.07. The average Bonchev–Trinajstić information content (AvgIpc) is 2.91. The van der Waals surface area contributed by atoms with Crippen LogP contribution in [0.3, 0.4) is 0 Å². The zero-order chi connectivity index (χ0) is 11.0. The van der Waals surface area contributed by atoms with Gasteiger partial charge in [-0.05, 0) is 26.8 Å². The molecule has 1 aromatic rings. The SMILES string of the molecule is CC(N)C(c1cnn(C)c1)N(C)C1CC1. The van der Waals surface area contributed by atoms with Gasteiger partial charge in [0.25, 0.3) is 0 Å². The Kier molecular flexibility index (Phi) is 2.80. The van der Waals surface area contributed by atoms with Crippen molar-refractivity contribution in [1.82, 2.24) is 14.7 Å². The van der Waals surface area contributed by atoms with E-state index < -0.39 is 0 Å². The molecule has 15 heavy (non-hydrogen) atoms. The number of hydrogen-bond donors (Lipinski definition) is 1. The largest absolute Gasteiger partial charge is 0.326 e. The first-order chi connectivity index (χ1) is 7.09. The molecule has 1 aliphatic carbocycles. The fraction of sp³-hybridized carbons (Fsp3) is 0.727. The van der Waals surface area contributed by atoms with Gasteiger partial charge in [-0.3, -0.25) is 9.58 Å². The summed E-state index contributed by atoms with van der Waals surface area (Å²) in [6.07, 6.45) is 6.60. The fourth-order valence-corrected chi connectivity index (χ4v) is 2.21. The van der Waals surface area contributed by atoms with Gasteiger partial charge >= 0.3 is 0 Å². The first-order valence-electron chi connectivity index (χ1n) is 5.55. The molecule has 2 unspecified atom stereocenters. The molecule has 0 bridgehead atoms. The van der Waals surface area contributed by atoms with Crippen molar-refractivity contribution in [1.29, 1.82) is 0 Å². The summed E-state index contributed by atoms with van der Waals surface area (Å²) in [5.74, 6) is 0. The first-order valence-corrected chi connectivity index (χ1v) is 5.55. The zero-order valence-corrected chi connectivity index (χ0v) is 9.72. The summed E-state index contributed by atoms with van der Waals surface area (Å²) in [4.78, 5) is 2.39. The van der Waals surface area contributed by atoms with Crippen LogP contribution in [0.15, 0.2) is 12.4 Å². The van der Waals surface area contributed by atoms with Gasteiger partial charge in [0.1, 0.15) is 0 Å². The lowest BCUT2D eigenvalue weighted by atomic mass is 10.0. The minimum Gasteiger partial charge on any atom is -0.326 e. The monoisotopic (exact) mass is 208 g/mol. The summed E-state index contributed by atoms with van der Waals surface area (Å²) in [6, 6.07) is 1.16. The van der Waals surface area contributed by atoms with Crippen molar-refractivity contribution in [3.8, 4) is 0 Å². The third-order valence-corrected chi connectivity index (χ3v) is 3.13. The predicted octanol–water partition coefficient (Wildman–Crippen LogP) is 0.903. The zero-order valence-electron chi connectivity index (χ0n) is 9.72. The molecule has 0 saturated heterocycles. The van der Waals surface area contributed by atoms with Crippen LogP contribution in [0.4, 0.5) is 0 Å². The highest BCUT2D eigenvalue weighted by Crippen LogP contribution is 2.33. The van der Waals surface area contributed by atoms with Crippen molar-refractivity contribution in [2.75, 3.05) is 7.05 Å². The Morgan fingerprint density at radius 3 is 2.67 bits per heavy atom. The molecule has 0 aromatic carbocycles. The van der Waals surface area contributed by atoms with Crippen molar-refractivity contribution >= 4 is 0 Å². The lowest BCUT2D eigenvalue weighted by molar-refractivity contribution is 0.209. The molecule has 0 radical (unpaired) electrons. The Morgan fingerprint density at radius 1 is 1.60 bits per heavy atom. The molecule has 0 spiro atoms. The highest BCUT2D eigenvalue weighted by Gasteiger charge is 2.33. The van der Waals surface area contributed by atoms with Crippen LogP contribution in [0.25, 0.3) is 0 Å². The molecule has 1 heterocycles. The molecule has 1 saturated carbocycles. The Morgan fingerprint density at radius 2 is 2.27 bits per heavy atom. The third kappa shape index (κ3) is 2.21. The maximum atomic E-state index is 6.07. The molecule has 0 amide bonds. The second-order valence-electron chi connectivity index (χ2n) is 4.65. The summed E-state index contributed by atoms with van der Waals surface area (Å²) in [5.41, 5.74) is 7.29. The van der Waals surface area contributed by atoms with Gasteiger partial charge < -0.3 is 5.73 Å². The van der Waals surface area contributed by atoms with Crippen molar-refractivity contribution in [2.24, 2.45) is 12.8 Å².